The van der Waals surface area contributed by atoms with Gasteiger partial charge < -0.3 is 28.4 Å². The third kappa shape index (κ3) is 10.1. The molecule has 1 aliphatic rings. The third-order valence-corrected chi connectivity index (χ3v) is 7.70. The maximum Gasteiger partial charge on any atom is 0.188 e. The molecule has 4 rings (SSSR count). The van der Waals surface area contributed by atoms with Crippen LogP contribution in [0.4, 0.5) is 0 Å². The standard InChI is InChI=1S/C35H46O6/c1-36-26-40-30-18-16-29(17-19-30)34-25-39-35-23-31(41-27-37-2)20-21-33(35)32(34)15-11-6-4-3-5-7-12-22-38-24-28-13-9-8-10-14-28/h8-10,13-14,16-21,23,32,34H,3-7,11-12,15,22,24-27H2,1-2H3/t32-,34-/m1/s1. The highest BCUT2D eigenvalue weighted by Crippen LogP contribution is 2.46. The molecule has 6 nitrogen and oxygen atoms in total. The van der Waals surface area contributed by atoms with Crippen LogP contribution in [-0.2, 0) is 20.8 Å². The topological polar surface area (TPSA) is 55.4 Å². The van der Waals surface area contributed by atoms with Gasteiger partial charge in [0.25, 0.3) is 0 Å². The van der Waals surface area contributed by atoms with Crippen LogP contribution in [-0.4, -0.2) is 41.0 Å². The first-order valence-electron chi connectivity index (χ1n) is 15.0. The average Bonchev–Trinajstić information content (AvgIpc) is 3.02. The van der Waals surface area contributed by atoms with Crippen molar-refractivity contribution in [2.24, 2.45) is 0 Å². The second-order valence-electron chi connectivity index (χ2n) is 10.7. The van der Waals surface area contributed by atoms with Gasteiger partial charge in [-0.2, -0.15) is 0 Å². The number of ether oxygens (including phenoxy) is 6. The average molecular weight is 563 g/mol. The van der Waals surface area contributed by atoms with Gasteiger partial charge in [-0.25, -0.2) is 0 Å². The highest BCUT2D eigenvalue weighted by Gasteiger charge is 2.32. The van der Waals surface area contributed by atoms with E-state index in [0.717, 1.165) is 36.7 Å². The maximum absolute atomic E-state index is 6.28. The van der Waals surface area contributed by atoms with Crippen molar-refractivity contribution in [3.8, 4) is 17.2 Å². The van der Waals surface area contributed by atoms with Crippen LogP contribution in [0, 0.1) is 0 Å². The zero-order valence-corrected chi connectivity index (χ0v) is 24.7. The van der Waals surface area contributed by atoms with E-state index >= 15 is 0 Å². The van der Waals surface area contributed by atoms with Gasteiger partial charge in [-0.1, -0.05) is 87.1 Å². The van der Waals surface area contributed by atoms with Gasteiger partial charge in [-0.3, -0.25) is 0 Å². The highest BCUT2D eigenvalue weighted by molar-refractivity contribution is 5.46. The summed E-state index contributed by atoms with van der Waals surface area (Å²) in [6, 6.07) is 25.0. The van der Waals surface area contributed by atoms with Gasteiger partial charge in [0.2, 0.25) is 0 Å². The molecular weight excluding hydrogens is 516 g/mol. The summed E-state index contributed by atoms with van der Waals surface area (Å²) in [4.78, 5) is 0. The van der Waals surface area contributed by atoms with Crippen molar-refractivity contribution >= 4 is 0 Å². The van der Waals surface area contributed by atoms with Gasteiger partial charge in [0.15, 0.2) is 13.6 Å². The van der Waals surface area contributed by atoms with Crippen LogP contribution in [0.1, 0.15) is 79.9 Å². The number of hydrogen-bond donors (Lipinski definition) is 0. The minimum atomic E-state index is 0.225. The zero-order valence-electron chi connectivity index (χ0n) is 24.7. The molecule has 0 N–H and O–H groups in total. The predicted octanol–water partition coefficient (Wildman–Crippen LogP) is 8.25. The quantitative estimate of drug-likeness (QED) is 0.108. The first kappa shape index (κ1) is 30.9. The van der Waals surface area contributed by atoms with Crippen molar-refractivity contribution in [2.45, 2.75) is 69.8 Å². The molecule has 41 heavy (non-hydrogen) atoms. The minimum absolute atomic E-state index is 0.225. The Morgan fingerprint density at radius 1 is 0.707 bits per heavy atom. The van der Waals surface area contributed by atoms with E-state index in [4.69, 9.17) is 28.4 Å². The molecule has 0 aliphatic carbocycles. The van der Waals surface area contributed by atoms with E-state index in [-0.39, 0.29) is 13.6 Å². The van der Waals surface area contributed by atoms with E-state index in [2.05, 4.69) is 42.5 Å². The molecule has 2 atom stereocenters. The van der Waals surface area contributed by atoms with E-state index in [1.54, 1.807) is 14.2 Å². The first-order chi connectivity index (χ1) is 20.3. The Kier molecular flexibility index (Phi) is 13.3. The molecule has 0 saturated heterocycles. The molecule has 0 saturated carbocycles. The van der Waals surface area contributed by atoms with E-state index < -0.39 is 0 Å². The molecule has 0 fully saturated rings. The third-order valence-electron chi connectivity index (χ3n) is 7.70. The summed E-state index contributed by atoms with van der Waals surface area (Å²) >= 11 is 0. The highest BCUT2D eigenvalue weighted by atomic mass is 16.7. The monoisotopic (exact) mass is 562 g/mol. The summed E-state index contributed by atoms with van der Waals surface area (Å²) < 4.78 is 33.5. The van der Waals surface area contributed by atoms with Gasteiger partial charge >= 0.3 is 0 Å². The summed E-state index contributed by atoms with van der Waals surface area (Å²) in [5, 5.41) is 0. The van der Waals surface area contributed by atoms with Crippen LogP contribution in [0.2, 0.25) is 0 Å². The van der Waals surface area contributed by atoms with E-state index in [9.17, 15) is 0 Å². The lowest BCUT2D eigenvalue weighted by Crippen LogP contribution is -2.24. The Morgan fingerprint density at radius 3 is 2.10 bits per heavy atom. The number of fused-ring (bicyclic) bond motifs is 1. The first-order valence-corrected chi connectivity index (χ1v) is 15.0. The Bertz CT molecular complexity index is 1120. The van der Waals surface area contributed by atoms with Gasteiger partial charge in [0.05, 0.1) is 13.2 Å². The molecular formula is C35H46O6. The van der Waals surface area contributed by atoms with E-state index in [1.807, 2.05) is 30.3 Å². The molecule has 3 aromatic carbocycles. The predicted molar refractivity (Wildman–Crippen MR) is 162 cm³/mol. The smallest absolute Gasteiger partial charge is 0.188 e. The van der Waals surface area contributed by atoms with Gasteiger partial charge in [0.1, 0.15) is 17.2 Å². The fraction of sp³-hybridized carbons (Fsp3) is 0.486. The Hall–Kier alpha value is -3.06. The van der Waals surface area contributed by atoms with Crippen molar-refractivity contribution in [1.82, 2.24) is 0 Å². The van der Waals surface area contributed by atoms with Gasteiger partial charge in [0, 0.05) is 32.8 Å². The summed E-state index contributed by atoms with van der Waals surface area (Å²) in [6.07, 6.45) is 9.81. The Morgan fingerprint density at radius 2 is 1.37 bits per heavy atom. The molecule has 222 valence electrons. The lowest BCUT2D eigenvalue weighted by molar-refractivity contribution is 0.0506. The minimum Gasteiger partial charge on any atom is -0.492 e. The number of unbranched alkanes of at least 4 members (excludes halogenated alkanes) is 6. The molecule has 6 heteroatoms. The Balaban J connectivity index is 1.24. The summed E-state index contributed by atoms with van der Waals surface area (Å²) in [6.45, 7) is 2.68. The number of methoxy groups -OCH3 is 2. The van der Waals surface area contributed by atoms with Crippen molar-refractivity contribution in [1.29, 1.82) is 0 Å². The van der Waals surface area contributed by atoms with Crippen LogP contribution < -0.4 is 14.2 Å². The molecule has 3 aromatic rings. The molecule has 0 aromatic heterocycles. The molecule has 1 aliphatic heterocycles. The molecule has 0 amide bonds. The van der Waals surface area contributed by atoms with Crippen LogP contribution in [0.25, 0.3) is 0 Å². The summed E-state index contributed by atoms with van der Waals surface area (Å²) in [7, 11) is 3.26. The lowest BCUT2D eigenvalue weighted by Gasteiger charge is -2.34. The SMILES string of the molecule is COCOc1ccc([C@H]2COc3cc(OCOC)ccc3[C@H]2CCCCCCCCCOCc2ccccc2)cc1. The van der Waals surface area contributed by atoms with E-state index in [1.165, 1.54) is 55.2 Å². The van der Waals surface area contributed by atoms with Crippen molar-refractivity contribution in [3.63, 3.8) is 0 Å². The van der Waals surface area contributed by atoms with E-state index in [0.29, 0.717) is 25.0 Å². The van der Waals surface area contributed by atoms with Gasteiger partial charge in [-0.05, 0) is 53.6 Å². The summed E-state index contributed by atoms with van der Waals surface area (Å²) in [5.74, 6) is 3.19. The second kappa shape index (κ2) is 17.7. The molecule has 0 radical (unpaired) electrons. The Labute approximate surface area is 245 Å². The summed E-state index contributed by atoms with van der Waals surface area (Å²) in [5.41, 5.74) is 3.79. The van der Waals surface area contributed by atoms with Crippen molar-refractivity contribution in [3.05, 3.63) is 89.5 Å². The largest absolute Gasteiger partial charge is 0.492 e. The fourth-order valence-corrected chi connectivity index (χ4v) is 5.52. The molecule has 0 spiro atoms. The second-order valence-corrected chi connectivity index (χ2v) is 10.7. The van der Waals surface area contributed by atoms with Gasteiger partial charge in [-0.15, -0.1) is 0 Å². The zero-order chi connectivity index (χ0) is 28.5. The fourth-order valence-electron chi connectivity index (χ4n) is 5.52. The molecule has 0 bridgehead atoms. The number of hydrogen-bond acceptors (Lipinski definition) is 6. The van der Waals surface area contributed by atoms with Crippen LogP contribution in [0.15, 0.2) is 72.8 Å². The van der Waals surface area contributed by atoms with Crippen LogP contribution in [0.5, 0.6) is 17.2 Å². The normalized spacial score (nSPS) is 16.1. The van der Waals surface area contributed by atoms with Crippen molar-refractivity contribution < 1.29 is 28.4 Å². The number of rotatable bonds is 19. The molecule has 1 heterocycles. The lowest BCUT2D eigenvalue weighted by atomic mass is 9.77. The molecule has 0 unspecified atom stereocenters. The van der Waals surface area contributed by atoms with Crippen molar-refractivity contribution in [2.75, 3.05) is 41.0 Å². The van der Waals surface area contributed by atoms with Crippen LogP contribution in [0.3, 0.4) is 0 Å². The number of benzene rings is 3. The van der Waals surface area contributed by atoms with Crippen LogP contribution >= 0.6 is 0 Å². The maximum atomic E-state index is 6.28.